The maximum absolute atomic E-state index is 12.8. The third kappa shape index (κ3) is 3.68. The number of hydrogen-bond donors (Lipinski definition) is 1. The van der Waals surface area contributed by atoms with E-state index >= 15 is 0 Å². The topological polar surface area (TPSA) is 75.7 Å². The number of carbonyl (C=O) groups excluding carboxylic acids is 3. The molecule has 2 aliphatic rings. The minimum Gasteiger partial charge on any atom is -0.435 e. The molecule has 1 aliphatic heterocycles. The fraction of sp³-hybridized carbons (Fsp3) is 0.500. The van der Waals surface area contributed by atoms with Crippen LogP contribution in [-0.4, -0.2) is 41.3 Å². The summed E-state index contributed by atoms with van der Waals surface area (Å²) in [5.74, 6) is -0.859. The molecule has 1 N–H and O–H groups in total. The molecular formula is C18H20F2N2O4. The Labute approximate surface area is 149 Å². The summed E-state index contributed by atoms with van der Waals surface area (Å²) in [5.41, 5.74) is -0.669. The predicted molar refractivity (Wildman–Crippen MR) is 88.1 cm³/mol. The van der Waals surface area contributed by atoms with Crippen molar-refractivity contribution in [2.75, 3.05) is 6.54 Å². The number of urea groups is 1. The largest absolute Gasteiger partial charge is 0.435 e. The second-order valence-electron chi connectivity index (χ2n) is 6.64. The van der Waals surface area contributed by atoms with Gasteiger partial charge in [-0.25, -0.2) is 4.79 Å². The van der Waals surface area contributed by atoms with Gasteiger partial charge in [-0.05, 0) is 37.1 Å². The van der Waals surface area contributed by atoms with Crippen LogP contribution in [0.2, 0.25) is 0 Å². The van der Waals surface area contributed by atoms with Crippen molar-refractivity contribution in [3.8, 4) is 5.75 Å². The van der Waals surface area contributed by atoms with Gasteiger partial charge < -0.3 is 10.1 Å². The van der Waals surface area contributed by atoms with Crippen LogP contribution >= 0.6 is 0 Å². The normalized spacial score (nSPS) is 19.6. The van der Waals surface area contributed by atoms with Crippen molar-refractivity contribution in [2.24, 2.45) is 0 Å². The van der Waals surface area contributed by atoms with Crippen molar-refractivity contribution >= 4 is 17.7 Å². The molecule has 140 valence electrons. The number of amides is 3. The molecule has 0 radical (unpaired) electrons. The van der Waals surface area contributed by atoms with Gasteiger partial charge in [0.05, 0.1) is 6.54 Å². The predicted octanol–water partition coefficient (Wildman–Crippen LogP) is 3.12. The van der Waals surface area contributed by atoms with Gasteiger partial charge in [-0.3, -0.25) is 14.5 Å². The van der Waals surface area contributed by atoms with E-state index in [1.165, 1.54) is 24.3 Å². The number of nitrogens with zero attached hydrogens (tertiary/aromatic N) is 1. The fourth-order valence-electron chi connectivity index (χ4n) is 3.55. The molecule has 26 heavy (non-hydrogen) atoms. The Kier molecular flexibility index (Phi) is 5.20. The molecule has 1 saturated heterocycles. The Morgan fingerprint density at radius 1 is 1.12 bits per heavy atom. The SMILES string of the molecule is O=C(CN1C(=O)NC2(CCCCCC2)C1=O)c1ccc(OC(F)F)cc1. The van der Waals surface area contributed by atoms with Gasteiger partial charge >= 0.3 is 12.6 Å². The molecular weight excluding hydrogens is 346 g/mol. The van der Waals surface area contributed by atoms with Crippen LogP contribution in [0.4, 0.5) is 13.6 Å². The summed E-state index contributed by atoms with van der Waals surface area (Å²) in [6.45, 7) is -3.32. The van der Waals surface area contributed by atoms with Crippen LogP contribution < -0.4 is 10.1 Å². The quantitative estimate of drug-likeness (QED) is 0.642. The summed E-state index contributed by atoms with van der Waals surface area (Å²) >= 11 is 0. The van der Waals surface area contributed by atoms with Crippen molar-refractivity contribution in [1.82, 2.24) is 10.2 Å². The van der Waals surface area contributed by atoms with Gasteiger partial charge in [0.15, 0.2) is 5.78 Å². The monoisotopic (exact) mass is 366 g/mol. The van der Waals surface area contributed by atoms with Gasteiger partial charge in [0.25, 0.3) is 5.91 Å². The van der Waals surface area contributed by atoms with Crippen molar-refractivity contribution in [2.45, 2.75) is 50.7 Å². The number of rotatable bonds is 5. The van der Waals surface area contributed by atoms with Gasteiger partial charge in [-0.2, -0.15) is 8.78 Å². The molecule has 1 saturated carbocycles. The van der Waals surface area contributed by atoms with E-state index in [4.69, 9.17) is 0 Å². The Balaban J connectivity index is 1.69. The first kappa shape index (κ1) is 18.3. The fourth-order valence-corrected chi connectivity index (χ4v) is 3.55. The molecule has 0 aromatic heterocycles. The number of benzene rings is 1. The third-order valence-electron chi connectivity index (χ3n) is 4.91. The van der Waals surface area contributed by atoms with E-state index in [9.17, 15) is 23.2 Å². The van der Waals surface area contributed by atoms with Crippen LogP contribution in [0.1, 0.15) is 48.9 Å². The minimum absolute atomic E-state index is 0.0658. The number of alkyl halides is 2. The van der Waals surface area contributed by atoms with E-state index in [1.54, 1.807) is 0 Å². The van der Waals surface area contributed by atoms with Gasteiger partial charge in [0, 0.05) is 5.56 Å². The first-order valence-corrected chi connectivity index (χ1v) is 8.63. The first-order chi connectivity index (χ1) is 12.4. The van der Waals surface area contributed by atoms with Gasteiger partial charge in [0.1, 0.15) is 11.3 Å². The van der Waals surface area contributed by atoms with E-state index in [-0.39, 0.29) is 23.8 Å². The number of Topliss-reactive ketones (excluding diaryl/α,β-unsaturated/α-hetero) is 1. The molecule has 0 unspecified atom stereocenters. The van der Waals surface area contributed by atoms with Gasteiger partial charge in [-0.15, -0.1) is 0 Å². The zero-order chi connectivity index (χ0) is 18.7. The highest BCUT2D eigenvalue weighted by molar-refractivity contribution is 6.11. The van der Waals surface area contributed by atoms with E-state index < -0.39 is 24.0 Å². The maximum Gasteiger partial charge on any atom is 0.387 e. The minimum atomic E-state index is -2.95. The van der Waals surface area contributed by atoms with E-state index in [0.29, 0.717) is 12.8 Å². The number of carbonyl (C=O) groups is 3. The molecule has 6 nitrogen and oxygen atoms in total. The molecule has 3 amide bonds. The first-order valence-electron chi connectivity index (χ1n) is 8.63. The zero-order valence-electron chi connectivity index (χ0n) is 14.2. The number of hydrogen-bond acceptors (Lipinski definition) is 4. The van der Waals surface area contributed by atoms with Gasteiger partial charge in [0.2, 0.25) is 0 Å². The number of ether oxygens (including phenoxy) is 1. The number of ketones is 1. The highest BCUT2D eigenvalue weighted by Crippen LogP contribution is 2.32. The second-order valence-corrected chi connectivity index (χ2v) is 6.64. The van der Waals surface area contributed by atoms with Gasteiger partial charge in [-0.1, -0.05) is 25.7 Å². The number of imide groups is 1. The summed E-state index contributed by atoms with van der Waals surface area (Å²) < 4.78 is 28.6. The molecule has 3 rings (SSSR count). The lowest BCUT2D eigenvalue weighted by molar-refractivity contribution is -0.131. The Morgan fingerprint density at radius 3 is 2.31 bits per heavy atom. The molecule has 0 atom stereocenters. The highest BCUT2D eigenvalue weighted by atomic mass is 19.3. The van der Waals surface area contributed by atoms with Crippen LogP contribution in [0.3, 0.4) is 0 Å². The van der Waals surface area contributed by atoms with Crippen LogP contribution in [-0.2, 0) is 4.79 Å². The van der Waals surface area contributed by atoms with Crippen molar-refractivity contribution in [3.63, 3.8) is 0 Å². The maximum atomic E-state index is 12.8. The lowest BCUT2D eigenvalue weighted by Crippen LogP contribution is -2.46. The molecule has 8 heteroatoms. The highest BCUT2D eigenvalue weighted by Gasteiger charge is 2.51. The van der Waals surface area contributed by atoms with Crippen LogP contribution in [0.15, 0.2) is 24.3 Å². The molecule has 1 aromatic rings. The summed E-state index contributed by atoms with van der Waals surface area (Å²) in [5, 5.41) is 2.78. The average Bonchev–Trinajstić information content (AvgIpc) is 2.77. The Hall–Kier alpha value is -2.51. The van der Waals surface area contributed by atoms with Crippen LogP contribution in [0.25, 0.3) is 0 Å². The van der Waals surface area contributed by atoms with Crippen LogP contribution in [0, 0.1) is 0 Å². The standard InChI is InChI=1S/C18H20F2N2O4/c19-16(20)26-13-7-5-12(6-8-13)14(23)11-22-15(24)18(21-17(22)25)9-3-1-2-4-10-18/h5-8,16H,1-4,9-11H2,(H,21,25). The lowest BCUT2D eigenvalue weighted by Gasteiger charge is -2.24. The average molecular weight is 366 g/mol. The summed E-state index contributed by atoms with van der Waals surface area (Å²) in [6, 6.07) is 4.61. The number of nitrogens with one attached hydrogen (secondary N) is 1. The van der Waals surface area contributed by atoms with E-state index in [2.05, 4.69) is 10.1 Å². The molecule has 1 aliphatic carbocycles. The van der Waals surface area contributed by atoms with E-state index in [0.717, 1.165) is 30.6 Å². The Bertz CT molecular complexity index is 698. The number of halogens is 2. The molecule has 1 spiro atoms. The smallest absolute Gasteiger partial charge is 0.387 e. The second kappa shape index (κ2) is 7.39. The summed E-state index contributed by atoms with van der Waals surface area (Å²) in [7, 11) is 0. The van der Waals surface area contributed by atoms with Crippen molar-refractivity contribution in [3.05, 3.63) is 29.8 Å². The molecule has 0 bridgehead atoms. The molecule has 1 heterocycles. The summed E-state index contributed by atoms with van der Waals surface area (Å²) in [6.07, 6.45) is 4.94. The van der Waals surface area contributed by atoms with Crippen molar-refractivity contribution < 1.29 is 27.9 Å². The zero-order valence-corrected chi connectivity index (χ0v) is 14.2. The Morgan fingerprint density at radius 2 is 1.73 bits per heavy atom. The van der Waals surface area contributed by atoms with Crippen molar-refractivity contribution in [1.29, 1.82) is 0 Å². The molecule has 2 fully saturated rings. The molecule has 1 aromatic carbocycles. The van der Waals surface area contributed by atoms with E-state index in [1.807, 2.05) is 0 Å². The summed E-state index contributed by atoms with van der Waals surface area (Å²) in [4.78, 5) is 38.4. The van der Waals surface area contributed by atoms with Crippen LogP contribution in [0.5, 0.6) is 5.75 Å². The third-order valence-corrected chi connectivity index (χ3v) is 4.91. The lowest BCUT2D eigenvalue weighted by atomic mass is 9.90.